The van der Waals surface area contributed by atoms with Crippen LogP contribution in [0.25, 0.3) is 10.9 Å². The molecule has 0 bridgehead atoms. The summed E-state index contributed by atoms with van der Waals surface area (Å²) in [6.07, 6.45) is 6.82. The third kappa shape index (κ3) is 2.56. The molecule has 100 valence electrons. The van der Waals surface area contributed by atoms with Gasteiger partial charge in [-0.25, -0.2) is 0 Å². The normalized spacial score (nSPS) is 19.5. The van der Waals surface area contributed by atoms with Gasteiger partial charge in [0.1, 0.15) is 11.3 Å². The van der Waals surface area contributed by atoms with Gasteiger partial charge >= 0.3 is 0 Å². The van der Waals surface area contributed by atoms with Crippen molar-refractivity contribution in [1.82, 2.24) is 10.3 Å². The summed E-state index contributed by atoms with van der Waals surface area (Å²) in [5, 5.41) is 4.83. The fourth-order valence-corrected chi connectivity index (χ4v) is 2.91. The van der Waals surface area contributed by atoms with Gasteiger partial charge in [-0.15, -0.1) is 0 Å². The van der Waals surface area contributed by atoms with Crippen LogP contribution in [-0.4, -0.2) is 24.7 Å². The predicted molar refractivity (Wildman–Crippen MR) is 77.6 cm³/mol. The monoisotopic (exact) mass is 256 g/mol. The lowest BCUT2D eigenvalue weighted by molar-refractivity contribution is 0.399. The van der Waals surface area contributed by atoms with E-state index >= 15 is 0 Å². The summed E-state index contributed by atoms with van der Waals surface area (Å²) in [6, 6.07) is 8.96. The van der Waals surface area contributed by atoms with Gasteiger partial charge in [-0.3, -0.25) is 4.98 Å². The first-order valence-electron chi connectivity index (χ1n) is 7.02. The number of aromatic nitrogens is 1. The number of pyridine rings is 1. The Labute approximate surface area is 114 Å². The van der Waals surface area contributed by atoms with Crippen LogP contribution in [0.4, 0.5) is 0 Å². The maximum atomic E-state index is 5.39. The fourth-order valence-electron chi connectivity index (χ4n) is 2.91. The summed E-state index contributed by atoms with van der Waals surface area (Å²) in [6.45, 7) is 1.15. The van der Waals surface area contributed by atoms with Gasteiger partial charge in [0.25, 0.3) is 0 Å². The van der Waals surface area contributed by atoms with E-state index in [1.54, 1.807) is 7.11 Å². The van der Waals surface area contributed by atoms with E-state index in [0.717, 1.165) is 24.2 Å². The number of nitrogens with zero attached hydrogens (tertiary/aromatic N) is 1. The van der Waals surface area contributed by atoms with Crippen LogP contribution in [0.15, 0.2) is 30.5 Å². The Bertz CT molecular complexity index is 562. The second kappa shape index (κ2) is 5.57. The summed E-state index contributed by atoms with van der Waals surface area (Å²) in [7, 11) is 1.70. The number of rotatable bonds is 3. The van der Waals surface area contributed by atoms with Crippen LogP contribution in [0.5, 0.6) is 5.75 Å². The lowest BCUT2D eigenvalue weighted by Gasteiger charge is -2.24. The highest BCUT2D eigenvalue weighted by Gasteiger charge is 2.15. The molecule has 0 spiro atoms. The number of ether oxygens (including phenoxy) is 1. The quantitative estimate of drug-likeness (QED) is 0.917. The summed E-state index contributed by atoms with van der Waals surface area (Å²) in [4.78, 5) is 4.46. The zero-order valence-corrected chi connectivity index (χ0v) is 11.4. The van der Waals surface area contributed by atoms with Crippen LogP contribution in [0.2, 0.25) is 0 Å². The van der Waals surface area contributed by atoms with Gasteiger partial charge in [0.2, 0.25) is 0 Å². The van der Waals surface area contributed by atoms with Crippen molar-refractivity contribution < 1.29 is 4.74 Å². The van der Waals surface area contributed by atoms with Crippen LogP contribution in [0.1, 0.15) is 24.8 Å². The molecule has 1 saturated heterocycles. The zero-order chi connectivity index (χ0) is 13.1. The summed E-state index contributed by atoms with van der Waals surface area (Å²) >= 11 is 0. The van der Waals surface area contributed by atoms with E-state index in [1.165, 1.54) is 30.2 Å². The molecule has 1 aliphatic rings. The van der Waals surface area contributed by atoms with Crippen LogP contribution in [-0.2, 0) is 6.42 Å². The maximum absolute atomic E-state index is 5.39. The molecule has 19 heavy (non-hydrogen) atoms. The lowest BCUT2D eigenvalue weighted by Crippen LogP contribution is -2.35. The van der Waals surface area contributed by atoms with E-state index in [1.807, 2.05) is 18.3 Å². The largest absolute Gasteiger partial charge is 0.494 e. The Morgan fingerprint density at radius 3 is 3.05 bits per heavy atom. The molecule has 3 heteroatoms. The number of hydrogen-bond acceptors (Lipinski definition) is 3. The van der Waals surface area contributed by atoms with Crippen LogP contribution < -0.4 is 10.1 Å². The smallest absolute Gasteiger partial charge is 0.145 e. The van der Waals surface area contributed by atoms with Gasteiger partial charge in [-0.2, -0.15) is 0 Å². The molecular weight excluding hydrogens is 236 g/mol. The molecule has 0 radical (unpaired) electrons. The van der Waals surface area contributed by atoms with Gasteiger partial charge in [0.05, 0.1) is 7.11 Å². The maximum Gasteiger partial charge on any atom is 0.145 e. The third-order valence-corrected chi connectivity index (χ3v) is 3.92. The van der Waals surface area contributed by atoms with E-state index < -0.39 is 0 Å². The molecule has 0 aliphatic carbocycles. The fraction of sp³-hybridized carbons (Fsp3) is 0.438. The molecule has 0 amide bonds. The highest BCUT2D eigenvalue weighted by Crippen LogP contribution is 2.27. The van der Waals surface area contributed by atoms with E-state index in [-0.39, 0.29) is 0 Å². The van der Waals surface area contributed by atoms with Gasteiger partial charge in [0.15, 0.2) is 0 Å². The molecule has 2 aromatic rings. The number of hydrogen-bond donors (Lipinski definition) is 1. The van der Waals surface area contributed by atoms with Crippen molar-refractivity contribution in [3.8, 4) is 5.75 Å². The summed E-state index contributed by atoms with van der Waals surface area (Å²) in [5.41, 5.74) is 2.33. The molecule has 1 N–H and O–H groups in total. The Kier molecular flexibility index (Phi) is 3.65. The minimum absolute atomic E-state index is 0.602. The number of nitrogens with one attached hydrogen (secondary N) is 1. The summed E-state index contributed by atoms with van der Waals surface area (Å²) in [5.74, 6) is 0.857. The second-order valence-electron chi connectivity index (χ2n) is 5.18. The molecule has 1 aromatic carbocycles. The summed E-state index contributed by atoms with van der Waals surface area (Å²) < 4.78 is 5.39. The highest BCUT2D eigenvalue weighted by atomic mass is 16.5. The first kappa shape index (κ1) is 12.4. The van der Waals surface area contributed by atoms with Gasteiger partial charge in [-0.1, -0.05) is 18.6 Å². The van der Waals surface area contributed by atoms with E-state index in [0.29, 0.717) is 6.04 Å². The van der Waals surface area contributed by atoms with Crippen molar-refractivity contribution in [1.29, 1.82) is 0 Å². The van der Waals surface area contributed by atoms with Crippen molar-refractivity contribution >= 4 is 10.9 Å². The molecule has 1 atom stereocenters. The number of piperidine rings is 1. The van der Waals surface area contributed by atoms with E-state index in [4.69, 9.17) is 4.74 Å². The van der Waals surface area contributed by atoms with Gasteiger partial charge in [-0.05, 0) is 43.5 Å². The topological polar surface area (TPSA) is 34.1 Å². The Morgan fingerprint density at radius 1 is 1.32 bits per heavy atom. The SMILES string of the molecule is COc1ccc(CC2CCCCN2)c2cccnc12. The Morgan fingerprint density at radius 2 is 2.26 bits per heavy atom. The number of benzene rings is 1. The molecule has 2 heterocycles. The minimum atomic E-state index is 0.602. The lowest BCUT2D eigenvalue weighted by atomic mass is 9.95. The van der Waals surface area contributed by atoms with E-state index in [9.17, 15) is 0 Å². The van der Waals surface area contributed by atoms with Gasteiger partial charge < -0.3 is 10.1 Å². The Hall–Kier alpha value is -1.61. The number of methoxy groups -OCH3 is 1. The van der Waals surface area contributed by atoms with Crippen LogP contribution in [0.3, 0.4) is 0 Å². The zero-order valence-electron chi connectivity index (χ0n) is 11.4. The molecule has 1 aromatic heterocycles. The van der Waals surface area contributed by atoms with Crippen molar-refractivity contribution in [2.75, 3.05) is 13.7 Å². The number of fused-ring (bicyclic) bond motifs is 1. The average molecular weight is 256 g/mol. The Balaban J connectivity index is 1.94. The van der Waals surface area contributed by atoms with Gasteiger partial charge in [0, 0.05) is 17.6 Å². The highest BCUT2D eigenvalue weighted by molar-refractivity contribution is 5.87. The molecular formula is C16H20N2O. The third-order valence-electron chi connectivity index (χ3n) is 3.92. The van der Waals surface area contributed by atoms with Crippen molar-refractivity contribution in [3.63, 3.8) is 0 Å². The second-order valence-corrected chi connectivity index (χ2v) is 5.18. The predicted octanol–water partition coefficient (Wildman–Crippen LogP) is 2.93. The standard InChI is InChI=1S/C16H20N2O/c1-19-15-8-7-12(11-13-5-2-3-9-17-13)14-6-4-10-18-16(14)15/h4,6-8,10,13,17H,2-3,5,9,11H2,1H3. The minimum Gasteiger partial charge on any atom is -0.494 e. The van der Waals surface area contributed by atoms with Crippen molar-refractivity contribution in [2.24, 2.45) is 0 Å². The average Bonchev–Trinajstić information content (AvgIpc) is 2.49. The molecule has 0 saturated carbocycles. The first-order chi connectivity index (χ1) is 9.38. The first-order valence-corrected chi connectivity index (χ1v) is 7.02. The molecule has 3 rings (SSSR count). The van der Waals surface area contributed by atoms with Crippen LogP contribution >= 0.6 is 0 Å². The molecule has 3 nitrogen and oxygen atoms in total. The molecule has 1 aliphatic heterocycles. The molecule has 1 unspecified atom stereocenters. The molecule has 1 fully saturated rings. The van der Waals surface area contributed by atoms with E-state index in [2.05, 4.69) is 22.4 Å². The van der Waals surface area contributed by atoms with Crippen molar-refractivity contribution in [3.05, 3.63) is 36.0 Å². The van der Waals surface area contributed by atoms with Crippen LogP contribution in [0, 0.1) is 0 Å². The van der Waals surface area contributed by atoms with Crippen molar-refractivity contribution in [2.45, 2.75) is 31.7 Å².